The second kappa shape index (κ2) is 8.57. The highest BCUT2D eigenvalue weighted by Crippen LogP contribution is 2.06. The van der Waals surface area contributed by atoms with Crippen LogP contribution in [0.5, 0.6) is 0 Å². The fourth-order valence-corrected chi connectivity index (χ4v) is 3.03. The summed E-state index contributed by atoms with van der Waals surface area (Å²) in [6.45, 7) is 3.33. The van der Waals surface area contributed by atoms with Crippen LogP contribution in [0.2, 0.25) is 0 Å². The molecule has 144 valence electrons. The summed E-state index contributed by atoms with van der Waals surface area (Å²) in [6.07, 6.45) is 3.72. The lowest BCUT2D eigenvalue weighted by Gasteiger charge is -2.35. The van der Waals surface area contributed by atoms with E-state index in [1.165, 1.54) is 5.56 Å². The van der Waals surface area contributed by atoms with Gasteiger partial charge in [0.1, 0.15) is 0 Å². The Morgan fingerprint density at radius 2 is 1.70 bits per heavy atom. The van der Waals surface area contributed by atoms with Crippen molar-refractivity contribution in [3.8, 4) is 0 Å². The summed E-state index contributed by atoms with van der Waals surface area (Å²) in [5, 5.41) is 7.28. The van der Waals surface area contributed by atoms with Gasteiger partial charge in [0.05, 0.1) is 12.7 Å². The summed E-state index contributed by atoms with van der Waals surface area (Å²) in [5.74, 6) is 0. The predicted molar refractivity (Wildman–Crippen MR) is 102 cm³/mol. The van der Waals surface area contributed by atoms with E-state index in [4.69, 9.17) is 0 Å². The van der Waals surface area contributed by atoms with E-state index in [1.807, 2.05) is 29.1 Å². The Hall–Kier alpha value is -3.03. The third-order valence-corrected chi connectivity index (χ3v) is 4.54. The largest absolute Gasteiger partial charge is 0.334 e. The van der Waals surface area contributed by atoms with E-state index in [2.05, 4.69) is 22.5 Å². The van der Waals surface area contributed by atoms with Gasteiger partial charge in [0.2, 0.25) is 0 Å². The Labute approximate surface area is 159 Å². The van der Waals surface area contributed by atoms with Crippen molar-refractivity contribution < 1.29 is 9.59 Å². The molecule has 8 heteroatoms. The molecule has 4 amide bonds. The Kier molecular flexibility index (Phi) is 5.95. The van der Waals surface area contributed by atoms with Crippen molar-refractivity contribution in [2.24, 2.45) is 0 Å². The second-order valence-electron chi connectivity index (χ2n) is 6.84. The summed E-state index contributed by atoms with van der Waals surface area (Å²) >= 11 is 0. The first kappa shape index (κ1) is 18.8. The van der Waals surface area contributed by atoms with Crippen molar-refractivity contribution >= 4 is 12.1 Å². The van der Waals surface area contributed by atoms with E-state index in [9.17, 15) is 9.59 Å². The summed E-state index contributed by atoms with van der Waals surface area (Å²) in [4.78, 5) is 29.4. The van der Waals surface area contributed by atoms with Gasteiger partial charge in [-0.25, -0.2) is 9.59 Å². The van der Waals surface area contributed by atoms with Crippen molar-refractivity contribution in [3.63, 3.8) is 0 Å². The highest BCUT2D eigenvalue weighted by atomic mass is 16.2. The molecule has 0 atom stereocenters. The monoisotopic (exact) mass is 370 g/mol. The molecule has 3 rings (SSSR count). The van der Waals surface area contributed by atoms with E-state index in [0.29, 0.717) is 39.3 Å². The molecule has 2 heterocycles. The summed E-state index contributed by atoms with van der Waals surface area (Å²) < 4.78 is 1.86. The number of carbonyl (C=O) groups is 2. The number of piperazine rings is 1. The molecule has 0 spiro atoms. The number of benzene rings is 1. The Balaban J connectivity index is 1.44. The zero-order valence-electron chi connectivity index (χ0n) is 15.8. The molecule has 1 aliphatic rings. The number of hydrogen-bond acceptors (Lipinski definition) is 3. The summed E-state index contributed by atoms with van der Waals surface area (Å²) in [6, 6.07) is 10.00. The highest BCUT2D eigenvalue weighted by Gasteiger charge is 2.24. The molecule has 0 saturated carbocycles. The molecular weight excluding hydrogens is 344 g/mol. The van der Waals surface area contributed by atoms with Crippen LogP contribution in [0.3, 0.4) is 0 Å². The maximum atomic E-state index is 12.4. The zero-order chi connectivity index (χ0) is 19.2. The summed E-state index contributed by atoms with van der Waals surface area (Å²) in [5.41, 5.74) is 2.14. The number of carbonyl (C=O) groups excluding carboxylic acids is 2. The highest BCUT2D eigenvalue weighted by molar-refractivity contribution is 5.76. The van der Waals surface area contributed by atoms with Gasteiger partial charge in [-0.2, -0.15) is 5.10 Å². The SMILES string of the molecule is CN(C)C(=O)N1CCN(C(=O)NCc2cnn(Cc3ccccc3)c2)CC1. The van der Waals surface area contributed by atoms with Crippen molar-refractivity contribution in [1.82, 2.24) is 29.8 Å². The van der Waals surface area contributed by atoms with Crippen LogP contribution in [0.1, 0.15) is 11.1 Å². The molecule has 0 aliphatic carbocycles. The molecule has 1 fully saturated rings. The normalized spacial score (nSPS) is 14.1. The molecule has 0 unspecified atom stereocenters. The number of hydrogen-bond donors (Lipinski definition) is 1. The third kappa shape index (κ3) is 4.99. The topological polar surface area (TPSA) is 73.7 Å². The fraction of sp³-hybridized carbons (Fsp3) is 0.421. The van der Waals surface area contributed by atoms with E-state index in [1.54, 1.807) is 35.0 Å². The number of amides is 4. The first-order valence-electron chi connectivity index (χ1n) is 9.07. The van der Waals surface area contributed by atoms with Crippen molar-refractivity contribution in [3.05, 3.63) is 53.9 Å². The smallest absolute Gasteiger partial charge is 0.319 e. The number of rotatable bonds is 4. The molecule has 0 bridgehead atoms. The van der Waals surface area contributed by atoms with Gasteiger partial charge in [-0.1, -0.05) is 30.3 Å². The lowest BCUT2D eigenvalue weighted by Crippen LogP contribution is -2.54. The lowest BCUT2D eigenvalue weighted by molar-refractivity contribution is 0.128. The van der Waals surface area contributed by atoms with Crippen LogP contribution in [0.15, 0.2) is 42.7 Å². The molecule has 1 aromatic carbocycles. The van der Waals surface area contributed by atoms with Crippen LogP contribution in [0, 0.1) is 0 Å². The zero-order valence-corrected chi connectivity index (χ0v) is 15.8. The maximum absolute atomic E-state index is 12.4. The van der Waals surface area contributed by atoms with Gasteiger partial charge < -0.3 is 20.0 Å². The first-order valence-corrected chi connectivity index (χ1v) is 9.07. The molecule has 8 nitrogen and oxygen atoms in total. The van der Waals surface area contributed by atoms with Crippen LogP contribution in [0.25, 0.3) is 0 Å². The second-order valence-corrected chi connectivity index (χ2v) is 6.84. The van der Waals surface area contributed by atoms with Crippen molar-refractivity contribution in [2.75, 3.05) is 40.3 Å². The molecular formula is C19H26N6O2. The lowest BCUT2D eigenvalue weighted by atomic mass is 10.2. The predicted octanol–water partition coefficient (Wildman–Crippen LogP) is 1.44. The minimum Gasteiger partial charge on any atom is -0.334 e. The van der Waals surface area contributed by atoms with Crippen LogP contribution in [-0.2, 0) is 13.1 Å². The molecule has 1 aromatic heterocycles. The molecule has 1 aliphatic heterocycles. The van der Waals surface area contributed by atoms with E-state index < -0.39 is 0 Å². The molecule has 1 saturated heterocycles. The Morgan fingerprint density at radius 3 is 2.37 bits per heavy atom. The molecule has 1 N–H and O–H groups in total. The van der Waals surface area contributed by atoms with E-state index >= 15 is 0 Å². The van der Waals surface area contributed by atoms with Gasteiger partial charge in [0.15, 0.2) is 0 Å². The van der Waals surface area contributed by atoms with E-state index in [0.717, 1.165) is 5.56 Å². The molecule has 27 heavy (non-hydrogen) atoms. The van der Waals surface area contributed by atoms with Crippen LogP contribution >= 0.6 is 0 Å². The maximum Gasteiger partial charge on any atom is 0.319 e. The summed E-state index contributed by atoms with van der Waals surface area (Å²) in [7, 11) is 3.47. The average molecular weight is 370 g/mol. The number of nitrogens with zero attached hydrogens (tertiary/aromatic N) is 5. The van der Waals surface area contributed by atoms with Gasteiger partial charge in [0, 0.05) is 58.6 Å². The molecule has 0 radical (unpaired) electrons. The van der Waals surface area contributed by atoms with Gasteiger partial charge in [0.25, 0.3) is 0 Å². The van der Waals surface area contributed by atoms with Gasteiger partial charge in [-0.3, -0.25) is 4.68 Å². The molecule has 2 aromatic rings. The van der Waals surface area contributed by atoms with Crippen molar-refractivity contribution in [2.45, 2.75) is 13.1 Å². The standard InChI is InChI=1S/C19H26N6O2/c1-22(2)19(27)24-10-8-23(9-11-24)18(26)20-12-17-13-21-25(15-17)14-16-6-4-3-5-7-16/h3-7,13,15H,8-12,14H2,1-2H3,(H,20,26). The number of aromatic nitrogens is 2. The van der Waals surface area contributed by atoms with Gasteiger partial charge in [-0.05, 0) is 5.56 Å². The first-order chi connectivity index (χ1) is 13.0. The van der Waals surface area contributed by atoms with Crippen molar-refractivity contribution in [1.29, 1.82) is 0 Å². The third-order valence-electron chi connectivity index (χ3n) is 4.54. The quantitative estimate of drug-likeness (QED) is 0.885. The Bertz CT molecular complexity index is 766. The Morgan fingerprint density at radius 1 is 1.04 bits per heavy atom. The average Bonchev–Trinajstić information content (AvgIpc) is 3.13. The number of nitrogens with one attached hydrogen (secondary N) is 1. The van der Waals surface area contributed by atoms with Crippen LogP contribution in [0.4, 0.5) is 9.59 Å². The van der Waals surface area contributed by atoms with Crippen LogP contribution < -0.4 is 5.32 Å². The van der Waals surface area contributed by atoms with Crippen LogP contribution in [-0.4, -0.2) is 76.8 Å². The van der Waals surface area contributed by atoms with E-state index in [-0.39, 0.29) is 12.1 Å². The fourth-order valence-electron chi connectivity index (χ4n) is 3.03. The number of urea groups is 2. The van der Waals surface area contributed by atoms with Gasteiger partial charge in [-0.15, -0.1) is 0 Å². The minimum absolute atomic E-state index is 0.0131. The minimum atomic E-state index is -0.109. The van der Waals surface area contributed by atoms with Gasteiger partial charge >= 0.3 is 12.1 Å².